The van der Waals surface area contributed by atoms with Gasteiger partial charge in [-0.05, 0) is 57.1 Å². The molecule has 2 bridgehead atoms. The molecule has 2 aliphatic carbocycles. The number of aromatic nitrogens is 3. The van der Waals surface area contributed by atoms with Crippen molar-refractivity contribution in [1.82, 2.24) is 19.7 Å². The van der Waals surface area contributed by atoms with Gasteiger partial charge in [-0.3, -0.25) is 9.58 Å². The number of rotatable bonds is 5. The Kier molecular flexibility index (Phi) is 4.72. The fourth-order valence-electron chi connectivity index (χ4n) is 6.41. The standard InChI is InChI=1S/C23H28F3N5O2/c1-11(2)31-19(7-18(29-31)12-3-20(22(27)28-8-12)33-23(24,25)26)21-16-5-13(6-17(16)21)30-9-15-4-14(30)10-32-15/h3,7-8,11,13-17,21H,4-6,9-10H2,1-2H3,(H2,27,28)/t13-,14-,15-,16+,17-,21-/m0/s1. The summed E-state index contributed by atoms with van der Waals surface area (Å²) < 4.78 is 50.0. The number of halogens is 3. The van der Waals surface area contributed by atoms with Crippen LogP contribution in [0.3, 0.4) is 0 Å². The molecule has 6 atom stereocenters. The molecule has 33 heavy (non-hydrogen) atoms. The smallest absolute Gasteiger partial charge is 0.402 e. The molecule has 0 radical (unpaired) electrons. The van der Waals surface area contributed by atoms with Crippen LogP contribution in [-0.2, 0) is 4.74 Å². The van der Waals surface area contributed by atoms with Gasteiger partial charge in [-0.25, -0.2) is 4.98 Å². The van der Waals surface area contributed by atoms with Crippen LogP contribution in [0.25, 0.3) is 11.3 Å². The Hall–Kier alpha value is -2.33. The Morgan fingerprint density at radius 1 is 1.15 bits per heavy atom. The minimum Gasteiger partial charge on any atom is -0.402 e. The highest BCUT2D eigenvalue weighted by Crippen LogP contribution is 2.64. The Balaban J connectivity index is 1.22. The third-order valence-corrected chi connectivity index (χ3v) is 7.83. The number of nitrogens with two attached hydrogens (primary N) is 1. The van der Waals surface area contributed by atoms with Gasteiger partial charge in [0.2, 0.25) is 0 Å². The molecule has 2 saturated heterocycles. The number of likely N-dealkylation sites (tertiary alicyclic amines) is 1. The quantitative estimate of drug-likeness (QED) is 0.723. The van der Waals surface area contributed by atoms with E-state index in [9.17, 15) is 13.2 Å². The van der Waals surface area contributed by atoms with Crippen molar-refractivity contribution in [2.75, 3.05) is 18.9 Å². The molecule has 7 nitrogen and oxygen atoms in total. The third kappa shape index (κ3) is 3.67. The fraction of sp³-hybridized carbons (Fsp3) is 0.652. The van der Waals surface area contributed by atoms with Gasteiger partial charge in [-0.2, -0.15) is 5.10 Å². The topological polar surface area (TPSA) is 78.4 Å². The van der Waals surface area contributed by atoms with Crippen molar-refractivity contribution in [3.8, 4) is 17.0 Å². The number of alkyl halides is 3. The molecule has 4 aliphatic rings. The predicted octanol–water partition coefficient (Wildman–Crippen LogP) is 3.97. The minimum atomic E-state index is -4.83. The molecule has 10 heteroatoms. The van der Waals surface area contributed by atoms with E-state index >= 15 is 0 Å². The van der Waals surface area contributed by atoms with Gasteiger partial charge >= 0.3 is 6.36 Å². The summed E-state index contributed by atoms with van der Waals surface area (Å²) in [6, 6.07) is 4.66. The van der Waals surface area contributed by atoms with E-state index in [-0.39, 0.29) is 11.9 Å². The summed E-state index contributed by atoms with van der Waals surface area (Å²) in [7, 11) is 0. The van der Waals surface area contributed by atoms with Gasteiger partial charge in [0.25, 0.3) is 0 Å². The van der Waals surface area contributed by atoms with Crippen molar-refractivity contribution in [3.05, 3.63) is 24.0 Å². The average Bonchev–Trinajstić information content (AvgIpc) is 3.32. The summed E-state index contributed by atoms with van der Waals surface area (Å²) in [5.74, 6) is 0.934. The lowest BCUT2D eigenvalue weighted by Crippen LogP contribution is -2.43. The van der Waals surface area contributed by atoms with Crippen LogP contribution in [0, 0.1) is 11.8 Å². The van der Waals surface area contributed by atoms with Crippen LogP contribution in [0.4, 0.5) is 19.0 Å². The number of fused-ring (bicyclic) bond motifs is 3. The van der Waals surface area contributed by atoms with E-state index in [4.69, 9.17) is 15.6 Å². The van der Waals surface area contributed by atoms with Crippen molar-refractivity contribution in [1.29, 1.82) is 0 Å². The molecule has 0 aromatic carbocycles. The first-order chi connectivity index (χ1) is 15.7. The van der Waals surface area contributed by atoms with Crippen LogP contribution >= 0.6 is 0 Å². The Morgan fingerprint density at radius 2 is 1.91 bits per heavy atom. The van der Waals surface area contributed by atoms with Crippen molar-refractivity contribution >= 4 is 5.82 Å². The maximum absolute atomic E-state index is 12.7. The Bertz CT molecular complexity index is 1060. The van der Waals surface area contributed by atoms with E-state index < -0.39 is 12.1 Å². The third-order valence-electron chi connectivity index (χ3n) is 7.83. The van der Waals surface area contributed by atoms with E-state index in [2.05, 4.69) is 28.5 Å². The summed E-state index contributed by atoms with van der Waals surface area (Å²) in [4.78, 5) is 6.57. The molecule has 0 amide bonds. The zero-order chi connectivity index (χ0) is 23.1. The van der Waals surface area contributed by atoms with Crippen molar-refractivity contribution < 1.29 is 22.6 Å². The summed E-state index contributed by atoms with van der Waals surface area (Å²) in [5.41, 5.74) is 7.80. The second-order valence-corrected chi connectivity index (χ2v) is 10.2. The average molecular weight is 464 g/mol. The van der Waals surface area contributed by atoms with Gasteiger partial charge in [-0.15, -0.1) is 13.2 Å². The zero-order valence-electron chi connectivity index (χ0n) is 18.6. The number of pyridine rings is 1. The highest BCUT2D eigenvalue weighted by atomic mass is 19.4. The molecule has 2 aromatic heterocycles. The zero-order valence-corrected chi connectivity index (χ0v) is 18.6. The van der Waals surface area contributed by atoms with Crippen LogP contribution in [0.1, 0.15) is 50.8 Å². The lowest BCUT2D eigenvalue weighted by atomic mass is 10.0. The highest BCUT2D eigenvalue weighted by molar-refractivity contribution is 5.64. The molecule has 0 spiro atoms. The number of morpholine rings is 1. The highest BCUT2D eigenvalue weighted by Gasteiger charge is 2.60. The van der Waals surface area contributed by atoms with E-state index in [0.717, 1.165) is 18.8 Å². The SMILES string of the molecule is CC(C)n1nc(-c2cnc(N)c(OC(F)(F)F)c2)cc1[C@H]1[C@@H]2C[C@H](N3C[C@@H]4C[C@H]3CO4)C[C@@H]21. The largest absolute Gasteiger partial charge is 0.573 e. The second-order valence-electron chi connectivity index (χ2n) is 10.2. The minimum absolute atomic E-state index is 0.143. The molecule has 2 aromatic rings. The monoisotopic (exact) mass is 463 g/mol. The molecule has 6 rings (SSSR count). The molecule has 0 unspecified atom stereocenters. The molecular weight excluding hydrogens is 435 g/mol. The van der Waals surface area contributed by atoms with Gasteiger partial charge in [0.05, 0.1) is 18.4 Å². The molecular formula is C23H28F3N5O2. The summed E-state index contributed by atoms with van der Waals surface area (Å²) >= 11 is 0. The summed E-state index contributed by atoms with van der Waals surface area (Å²) in [5, 5.41) is 4.74. The number of nitrogens with zero attached hydrogens (tertiary/aromatic N) is 4. The molecule has 2 aliphatic heterocycles. The first-order valence-electron chi connectivity index (χ1n) is 11.7. The predicted molar refractivity (Wildman–Crippen MR) is 115 cm³/mol. The lowest BCUT2D eigenvalue weighted by Gasteiger charge is -2.33. The van der Waals surface area contributed by atoms with Crippen molar-refractivity contribution in [3.63, 3.8) is 0 Å². The second kappa shape index (κ2) is 7.33. The van der Waals surface area contributed by atoms with Gasteiger partial charge in [0.15, 0.2) is 11.6 Å². The van der Waals surface area contributed by atoms with E-state index in [1.807, 2.05) is 10.7 Å². The van der Waals surface area contributed by atoms with Crippen LogP contribution in [0.2, 0.25) is 0 Å². The van der Waals surface area contributed by atoms with Crippen LogP contribution in [0.5, 0.6) is 5.75 Å². The maximum Gasteiger partial charge on any atom is 0.573 e. The number of hydrogen-bond donors (Lipinski definition) is 1. The molecule has 4 heterocycles. The van der Waals surface area contributed by atoms with Gasteiger partial charge in [0.1, 0.15) is 0 Å². The van der Waals surface area contributed by atoms with Gasteiger partial charge < -0.3 is 15.2 Å². The van der Waals surface area contributed by atoms with Crippen molar-refractivity contribution in [2.45, 2.75) is 69.6 Å². The number of anilines is 1. The molecule has 2 saturated carbocycles. The number of hydrogen-bond acceptors (Lipinski definition) is 6. The molecule has 4 fully saturated rings. The van der Waals surface area contributed by atoms with Crippen LogP contribution < -0.4 is 10.5 Å². The van der Waals surface area contributed by atoms with E-state index in [0.29, 0.717) is 47.2 Å². The first-order valence-corrected chi connectivity index (χ1v) is 11.7. The molecule has 178 valence electrons. The Labute approximate surface area is 190 Å². The van der Waals surface area contributed by atoms with Crippen LogP contribution in [0.15, 0.2) is 18.3 Å². The fourth-order valence-corrected chi connectivity index (χ4v) is 6.41. The molecule has 2 N–H and O–H groups in total. The van der Waals surface area contributed by atoms with Gasteiger partial charge in [-0.1, -0.05) is 0 Å². The van der Waals surface area contributed by atoms with E-state index in [1.165, 1.54) is 31.5 Å². The summed E-state index contributed by atoms with van der Waals surface area (Å²) in [6.07, 6.45) is 0.610. The lowest BCUT2D eigenvalue weighted by molar-refractivity contribution is -0.274. The van der Waals surface area contributed by atoms with Gasteiger partial charge in [0, 0.05) is 48.0 Å². The number of nitrogen functional groups attached to an aromatic ring is 1. The van der Waals surface area contributed by atoms with Crippen molar-refractivity contribution in [2.24, 2.45) is 11.8 Å². The van der Waals surface area contributed by atoms with Crippen LogP contribution in [-0.4, -0.2) is 57.4 Å². The first kappa shape index (κ1) is 21.2. The summed E-state index contributed by atoms with van der Waals surface area (Å²) in [6.45, 7) is 6.09. The number of ether oxygens (including phenoxy) is 2. The Morgan fingerprint density at radius 3 is 2.52 bits per heavy atom. The maximum atomic E-state index is 12.7. The van der Waals surface area contributed by atoms with E-state index in [1.54, 1.807) is 0 Å². The normalized spacial score (nSPS) is 33.2.